The summed E-state index contributed by atoms with van der Waals surface area (Å²) in [6.45, 7) is 4.45. The van der Waals surface area contributed by atoms with Crippen molar-refractivity contribution in [2.24, 2.45) is 13.0 Å². The number of allylic oxidation sites excluding steroid dienone is 2. The summed E-state index contributed by atoms with van der Waals surface area (Å²) < 4.78 is 2.06. The molecule has 4 rings (SSSR count). The largest absolute Gasteiger partial charge is 0.355 e. The van der Waals surface area contributed by atoms with Crippen LogP contribution in [0.5, 0.6) is 0 Å². The van der Waals surface area contributed by atoms with E-state index in [1.54, 1.807) is 0 Å². The molecule has 28 heavy (non-hydrogen) atoms. The Morgan fingerprint density at radius 1 is 1.18 bits per heavy atom. The number of H-pyrrole nitrogens is 1. The number of pyridine rings is 1. The summed E-state index contributed by atoms with van der Waals surface area (Å²) in [5.41, 5.74) is 2.27. The van der Waals surface area contributed by atoms with Gasteiger partial charge in [-0.1, -0.05) is 24.3 Å². The molecule has 0 spiro atoms. The number of piperidine rings is 1. The number of hydrogen-bond acceptors (Lipinski definition) is 2. The van der Waals surface area contributed by atoms with Crippen LogP contribution >= 0.6 is 0 Å². The van der Waals surface area contributed by atoms with Crippen LogP contribution in [0.1, 0.15) is 25.8 Å². The molecule has 0 bridgehead atoms. The van der Waals surface area contributed by atoms with E-state index in [2.05, 4.69) is 33.1 Å². The van der Waals surface area contributed by atoms with Crippen molar-refractivity contribution in [1.29, 1.82) is 0 Å². The number of aromatic nitrogens is 2. The minimum atomic E-state index is -0.875. The van der Waals surface area contributed by atoms with Crippen LogP contribution in [-0.2, 0) is 17.3 Å². The van der Waals surface area contributed by atoms with Crippen LogP contribution in [0.4, 0.5) is 0 Å². The third-order valence-electron chi connectivity index (χ3n) is 6.04. The number of carbonyl (C=O) groups is 1. The number of aryl methyl sites for hydroxylation is 1. The molecule has 0 radical (unpaired) electrons. The van der Waals surface area contributed by atoms with E-state index in [9.17, 15) is 9.59 Å². The minimum Gasteiger partial charge on any atom is -0.355 e. The van der Waals surface area contributed by atoms with Crippen LogP contribution in [0.15, 0.2) is 59.5 Å². The first-order valence-corrected chi connectivity index (χ1v) is 9.65. The second-order valence-electron chi connectivity index (χ2n) is 7.69. The molecule has 1 aliphatic rings. The molecule has 1 amide bonds. The van der Waals surface area contributed by atoms with Crippen molar-refractivity contribution >= 4 is 16.8 Å². The standard InChI is InChI=1S/C23H25N3O2/c1-4-5-17-10-12-24-22(28)23(17,2)18-7-8-19(25-21(18)27)15-6-9-20-16(14-15)11-13-26(20)3/h4-9,11,13-14,17H,10,12H2,1-3H3,(H,24,28)(H,25,27)/b5-4+/t17?,23-/m1/s1. The van der Waals surface area contributed by atoms with Gasteiger partial charge in [-0.15, -0.1) is 0 Å². The Bertz CT molecular complexity index is 1140. The number of rotatable bonds is 3. The fourth-order valence-electron chi connectivity index (χ4n) is 4.33. The Hall–Kier alpha value is -3.08. The fourth-order valence-corrected chi connectivity index (χ4v) is 4.33. The summed E-state index contributed by atoms with van der Waals surface area (Å²) in [5.74, 6) is -0.0929. The molecule has 0 aliphatic carbocycles. The van der Waals surface area contributed by atoms with Crippen LogP contribution in [0.25, 0.3) is 22.2 Å². The molecule has 2 atom stereocenters. The van der Waals surface area contributed by atoms with Gasteiger partial charge in [-0.25, -0.2) is 0 Å². The van der Waals surface area contributed by atoms with E-state index in [0.29, 0.717) is 12.1 Å². The Balaban J connectivity index is 1.78. The highest BCUT2D eigenvalue weighted by Gasteiger charge is 2.45. The summed E-state index contributed by atoms with van der Waals surface area (Å²) in [5, 5.41) is 4.05. The number of nitrogens with zero attached hydrogens (tertiary/aromatic N) is 1. The van der Waals surface area contributed by atoms with E-state index in [4.69, 9.17) is 0 Å². The van der Waals surface area contributed by atoms with Gasteiger partial charge in [-0.2, -0.15) is 0 Å². The highest BCUT2D eigenvalue weighted by Crippen LogP contribution is 2.36. The molecule has 1 saturated heterocycles. The zero-order chi connectivity index (χ0) is 19.9. The summed E-state index contributed by atoms with van der Waals surface area (Å²) in [6.07, 6.45) is 6.83. The highest BCUT2D eigenvalue weighted by molar-refractivity contribution is 5.89. The number of benzene rings is 1. The van der Waals surface area contributed by atoms with Gasteiger partial charge in [0, 0.05) is 41.9 Å². The van der Waals surface area contributed by atoms with E-state index >= 15 is 0 Å². The van der Waals surface area contributed by atoms with Crippen molar-refractivity contribution in [3.05, 3.63) is 70.7 Å². The third-order valence-corrected chi connectivity index (χ3v) is 6.04. The summed E-state index contributed by atoms with van der Waals surface area (Å²) in [7, 11) is 2.01. The second kappa shape index (κ2) is 6.82. The molecule has 2 aromatic heterocycles. The summed E-state index contributed by atoms with van der Waals surface area (Å²) in [6, 6.07) is 11.9. The zero-order valence-corrected chi connectivity index (χ0v) is 16.5. The van der Waals surface area contributed by atoms with Crippen molar-refractivity contribution in [3.8, 4) is 11.3 Å². The van der Waals surface area contributed by atoms with Crippen molar-refractivity contribution in [1.82, 2.24) is 14.9 Å². The van der Waals surface area contributed by atoms with Gasteiger partial charge in [0.25, 0.3) is 5.56 Å². The monoisotopic (exact) mass is 375 g/mol. The van der Waals surface area contributed by atoms with E-state index in [0.717, 1.165) is 28.6 Å². The normalized spacial score (nSPS) is 22.7. The quantitative estimate of drug-likeness (QED) is 0.688. The number of aromatic amines is 1. The van der Waals surface area contributed by atoms with Crippen molar-refractivity contribution in [2.45, 2.75) is 25.7 Å². The first-order valence-electron chi connectivity index (χ1n) is 9.65. The molecule has 144 valence electrons. The lowest BCUT2D eigenvalue weighted by atomic mass is 9.68. The molecule has 5 nitrogen and oxygen atoms in total. The molecule has 1 aromatic carbocycles. The lowest BCUT2D eigenvalue weighted by Gasteiger charge is -2.38. The third kappa shape index (κ3) is 2.78. The van der Waals surface area contributed by atoms with E-state index in [-0.39, 0.29) is 17.4 Å². The Labute approximate surface area is 164 Å². The first kappa shape index (κ1) is 18.3. The number of fused-ring (bicyclic) bond motifs is 1. The zero-order valence-electron chi connectivity index (χ0n) is 16.5. The topological polar surface area (TPSA) is 66.9 Å². The van der Waals surface area contributed by atoms with Crippen LogP contribution in [-0.4, -0.2) is 22.0 Å². The molecule has 1 aliphatic heterocycles. The van der Waals surface area contributed by atoms with Gasteiger partial charge in [0.15, 0.2) is 0 Å². The predicted octanol–water partition coefficient (Wildman–Crippen LogP) is 3.50. The number of carbonyl (C=O) groups excluding carboxylic acids is 1. The minimum absolute atomic E-state index is 0.00105. The van der Waals surface area contributed by atoms with Gasteiger partial charge in [0.1, 0.15) is 0 Å². The van der Waals surface area contributed by atoms with E-state index in [1.165, 1.54) is 0 Å². The molecule has 1 fully saturated rings. The van der Waals surface area contributed by atoms with Crippen LogP contribution in [0.2, 0.25) is 0 Å². The van der Waals surface area contributed by atoms with Gasteiger partial charge in [-0.3, -0.25) is 9.59 Å². The molecule has 0 saturated carbocycles. The molecule has 1 unspecified atom stereocenters. The Morgan fingerprint density at radius 2 is 2.00 bits per heavy atom. The van der Waals surface area contributed by atoms with Gasteiger partial charge in [0.2, 0.25) is 5.91 Å². The average Bonchev–Trinajstić information content (AvgIpc) is 3.06. The molecule has 5 heteroatoms. The average molecular weight is 375 g/mol. The predicted molar refractivity (Wildman–Crippen MR) is 112 cm³/mol. The Morgan fingerprint density at radius 3 is 2.75 bits per heavy atom. The second-order valence-corrected chi connectivity index (χ2v) is 7.69. The Kier molecular flexibility index (Phi) is 4.46. The van der Waals surface area contributed by atoms with Crippen LogP contribution in [0, 0.1) is 5.92 Å². The first-order chi connectivity index (χ1) is 13.4. The molecular weight excluding hydrogens is 350 g/mol. The van der Waals surface area contributed by atoms with Gasteiger partial charge in [0.05, 0.1) is 5.41 Å². The molecule has 3 heterocycles. The van der Waals surface area contributed by atoms with Crippen LogP contribution < -0.4 is 10.9 Å². The summed E-state index contributed by atoms with van der Waals surface area (Å²) >= 11 is 0. The van der Waals surface area contributed by atoms with Crippen molar-refractivity contribution in [3.63, 3.8) is 0 Å². The maximum absolute atomic E-state index is 13.0. The maximum Gasteiger partial charge on any atom is 0.252 e. The van der Waals surface area contributed by atoms with Crippen molar-refractivity contribution in [2.75, 3.05) is 6.54 Å². The van der Waals surface area contributed by atoms with E-state index in [1.807, 2.05) is 57.4 Å². The number of nitrogens with one attached hydrogen (secondary N) is 2. The van der Waals surface area contributed by atoms with Gasteiger partial charge in [-0.05, 0) is 56.0 Å². The lowest BCUT2D eigenvalue weighted by Crippen LogP contribution is -2.54. The fraction of sp³-hybridized carbons (Fsp3) is 0.304. The summed E-state index contributed by atoms with van der Waals surface area (Å²) in [4.78, 5) is 28.8. The molecule has 2 N–H and O–H groups in total. The molecule has 3 aromatic rings. The SMILES string of the molecule is C/C=C/C1CCNC(=O)[C@@]1(C)c1ccc(-c2ccc3c(ccn3C)c2)[nH]c1=O. The number of amides is 1. The smallest absolute Gasteiger partial charge is 0.252 e. The van der Waals surface area contributed by atoms with Crippen LogP contribution in [0.3, 0.4) is 0 Å². The maximum atomic E-state index is 13.0. The van der Waals surface area contributed by atoms with E-state index < -0.39 is 5.41 Å². The lowest BCUT2D eigenvalue weighted by molar-refractivity contribution is -0.129. The van der Waals surface area contributed by atoms with Gasteiger partial charge < -0.3 is 14.9 Å². The molecular formula is C23H25N3O2. The highest BCUT2D eigenvalue weighted by atomic mass is 16.2. The van der Waals surface area contributed by atoms with Gasteiger partial charge >= 0.3 is 0 Å². The number of hydrogen-bond donors (Lipinski definition) is 2. The van der Waals surface area contributed by atoms with Crippen molar-refractivity contribution < 1.29 is 4.79 Å².